The van der Waals surface area contributed by atoms with E-state index in [9.17, 15) is 9.59 Å². The second-order valence-electron chi connectivity index (χ2n) is 4.72. The van der Waals surface area contributed by atoms with Crippen LogP contribution in [0.3, 0.4) is 0 Å². The van der Waals surface area contributed by atoms with E-state index in [1.54, 1.807) is 18.2 Å². The van der Waals surface area contributed by atoms with Gasteiger partial charge in [0.2, 0.25) is 5.91 Å². The average molecular weight is 351 g/mol. The van der Waals surface area contributed by atoms with Crippen molar-refractivity contribution in [2.45, 2.75) is 19.0 Å². The molecule has 0 saturated heterocycles. The third-order valence-electron chi connectivity index (χ3n) is 2.93. The summed E-state index contributed by atoms with van der Waals surface area (Å²) in [5.74, 6) is -0.620. The average Bonchev–Trinajstić information content (AvgIpc) is 2.50. The standard InChI is InChI=1S/C15H15ClN4O2S/c1-8-4-5-10(18-9(2)21)6-12(8)19-14(22)13-11(16)7-17-15(20-13)23-3/h4-7H,1-3H3,(H,18,21)(H,19,22). The number of hydrogen-bond acceptors (Lipinski definition) is 5. The molecule has 0 radical (unpaired) electrons. The molecule has 0 saturated carbocycles. The number of thioether (sulfide) groups is 1. The van der Waals surface area contributed by atoms with E-state index >= 15 is 0 Å². The number of aromatic nitrogens is 2. The Kier molecular flexibility index (Phi) is 5.57. The normalized spacial score (nSPS) is 10.3. The molecule has 2 aromatic rings. The molecule has 0 aliphatic carbocycles. The van der Waals surface area contributed by atoms with Crippen molar-refractivity contribution >= 4 is 46.6 Å². The zero-order valence-corrected chi connectivity index (χ0v) is 14.4. The Labute approximate surface area is 143 Å². The number of halogens is 1. The number of nitrogens with zero attached hydrogens (tertiary/aromatic N) is 2. The van der Waals surface area contributed by atoms with E-state index in [1.165, 1.54) is 24.9 Å². The van der Waals surface area contributed by atoms with E-state index < -0.39 is 5.91 Å². The van der Waals surface area contributed by atoms with Gasteiger partial charge in [-0.05, 0) is 30.9 Å². The zero-order valence-electron chi connectivity index (χ0n) is 12.8. The predicted octanol–water partition coefficient (Wildman–Crippen LogP) is 3.37. The van der Waals surface area contributed by atoms with Crippen molar-refractivity contribution in [1.82, 2.24) is 9.97 Å². The van der Waals surface area contributed by atoms with Gasteiger partial charge >= 0.3 is 0 Å². The highest BCUT2D eigenvalue weighted by Gasteiger charge is 2.15. The lowest BCUT2D eigenvalue weighted by molar-refractivity contribution is -0.114. The smallest absolute Gasteiger partial charge is 0.275 e. The first-order valence-electron chi connectivity index (χ1n) is 6.67. The first-order chi connectivity index (χ1) is 10.9. The van der Waals surface area contributed by atoms with E-state index in [2.05, 4.69) is 20.6 Å². The maximum Gasteiger partial charge on any atom is 0.275 e. The van der Waals surface area contributed by atoms with Crippen molar-refractivity contribution in [3.8, 4) is 0 Å². The molecule has 1 aromatic carbocycles. The molecule has 0 aliphatic heterocycles. The van der Waals surface area contributed by atoms with Crippen LogP contribution in [-0.2, 0) is 4.79 Å². The molecular formula is C15H15ClN4O2S. The molecule has 1 heterocycles. The summed E-state index contributed by atoms with van der Waals surface area (Å²) in [7, 11) is 0. The molecule has 0 bridgehead atoms. The second kappa shape index (κ2) is 7.43. The Morgan fingerprint density at radius 2 is 2.00 bits per heavy atom. The molecule has 6 nitrogen and oxygen atoms in total. The minimum Gasteiger partial charge on any atom is -0.326 e. The van der Waals surface area contributed by atoms with Gasteiger partial charge < -0.3 is 10.6 Å². The van der Waals surface area contributed by atoms with Crippen LogP contribution in [0.4, 0.5) is 11.4 Å². The molecule has 120 valence electrons. The Morgan fingerprint density at radius 1 is 1.26 bits per heavy atom. The molecule has 0 atom stereocenters. The zero-order chi connectivity index (χ0) is 17.0. The first kappa shape index (κ1) is 17.2. The fourth-order valence-corrected chi connectivity index (χ4v) is 2.35. The van der Waals surface area contributed by atoms with Crippen LogP contribution in [0.2, 0.25) is 5.02 Å². The number of hydrogen-bond donors (Lipinski definition) is 2. The van der Waals surface area contributed by atoms with Gasteiger partial charge in [-0.2, -0.15) is 0 Å². The Bertz CT molecular complexity index is 767. The molecule has 23 heavy (non-hydrogen) atoms. The monoisotopic (exact) mass is 350 g/mol. The fourth-order valence-electron chi connectivity index (χ4n) is 1.83. The largest absolute Gasteiger partial charge is 0.326 e. The van der Waals surface area contributed by atoms with Gasteiger partial charge in [-0.1, -0.05) is 29.4 Å². The van der Waals surface area contributed by atoms with Gasteiger partial charge in [0.15, 0.2) is 10.9 Å². The van der Waals surface area contributed by atoms with Crippen molar-refractivity contribution in [1.29, 1.82) is 0 Å². The van der Waals surface area contributed by atoms with E-state index in [-0.39, 0.29) is 16.6 Å². The van der Waals surface area contributed by atoms with Gasteiger partial charge in [-0.3, -0.25) is 9.59 Å². The van der Waals surface area contributed by atoms with E-state index in [0.29, 0.717) is 16.5 Å². The number of carbonyl (C=O) groups excluding carboxylic acids is 2. The summed E-state index contributed by atoms with van der Waals surface area (Å²) in [4.78, 5) is 31.7. The highest BCUT2D eigenvalue weighted by Crippen LogP contribution is 2.23. The van der Waals surface area contributed by atoms with Gasteiger partial charge in [-0.15, -0.1) is 0 Å². The number of benzene rings is 1. The highest BCUT2D eigenvalue weighted by molar-refractivity contribution is 7.98. The van der Waals surface area contributed by atoms with Gasteiger partial charge in [0.05, 0.1) is 11.2 Å². The summed E-state index contributed by atoms with van der Waals surface area (Å²) in [5, 5.41) is 6.07. The minimum absolute atomic E-state index is 0.107. The molecule has 0 aliphatic rings. The minimum atomic E-state index is -0.434. The van der Waals surface area contributed by atoms with Crippen LogP contribution >= 0.6 is 23.4 Å². The third kappa shape index (κ3) is 4.43. The lowest BCUT2D eigenvalue weighted by atomic mass is 10.1. The van der Waals surface area contributed by atoms with Crippen LogP contribution in [0, 0.1) is 6.92 Å². The maximum absolute atomic E-state index is 12.4. The molecule has 8 heteroatoms. The van der Waals surface area contributed by atoms with Crippen LogP contribution < -0.4 is 10.6 Å². The summed E-state index contributed by atoms with van der Waals surface area (Å²) in [6.07, 6.45) is 3.21. The second-order valence-corrected chi connectivity index (χ2v) is 5.90. The lowest BCUT2D eigenvalue weighted by Gasteiger charge is -2.11. The molecule has 0 spiro atoms. The maximum atomic E-state index is 12.4. The molecule has 2 rings (SSSR count). The Morgan fingerprint density at radius 3 is 2.65 bits per heavy atom. The van der Waals surface area contributed by atoms with Crippen LogP contribution in [0.25, 0.3) is 0 Å². The van der Waals surface area contributed by atoms with Crippen LogP contribution in [-0.4, -0.2) is 28.0 Å². The number of nitrogens with one attached hydrogen (secondary N) is 2. The van der Waals surface area contributed by atoms with E-state index in [0.717, 1.165) is 5.56 Å². The molecule has 0 fully saturated rings. The van der Waals surface area contributed by atoms with Crippen LogP contribution in [0.15, 0.2) is 29.6 Å². The quantitative estimate of drug-likeness (QED) is 0.652. The Hall–Kier alpha value is -2.12. The predicted molar refractivity (Wildman–Crippen MR) is 92.3 cm³/mol. The van der Waals surface area contributed by atoms with Gasteiger partial charge in [0.25, 0.3) is 5.91 Å². The molecule has 0 unspecified atom stereocenters. The highest BCUT2D eigenvalue weighted by atomic mass is 35.5. The summed E-state index contributed by atoms with van der Waals surface area (Å²) in [5.41, 5.74) is 2.12. The summed E-state index contributed by atoms with van der Waals surface area (Å²) in [6, 6.07) is 5.24. The number of anilines is 2. The SMILES string of the molecule is CSc1ncc(Cl)c(C(=O)Nc2cc(NC(C)=O)ccc2C)n1. The van der Waals surface area contributed by atoms with Crippen molar-refractivity contribution in [2.75, 3.05) is 16.9 Å². The number of aryl methyl sites for hydroxylation is 1. The van der Waals surface area contributed by atoms with Crippen molar-refractivity contribution in [2.24, 2.45) is 0 Å². The summed E-state index contributed by atoms with van der Waals surface area (Å²) >= 11 is 7.32. The fraction of sp³-hybridized carbons (Fsp3) is 0.200. The van der Waals surface area contributed by atoms with E-state index in [1.807, 2.05) is 13.2 Å². The summed E-state index contributed by atoms with van der Waals surface area (Å²) < 4.78 is 0. The van der Waals surface area contributed by atoms with Gasteiger partial charge in [0.1, 0.15) is 0 Å². The van der Waals surface area contributed by atoms with Crippen molar-refractivity contribution < 1.29 is 9.59 Å². The topological polar surface area (TPSA) is 84.0 Å². The molecule has 1 aromatic heterocycles. The Balaban J connectivity index is 2.28. The number of amides is 2. The number of carbonyl (C=O) groups is 2. The van der Waals surface area contributed by atoms with E-state index in [4.69, 9.17) is 11.6 Å². The van der Waals surface area contributed by atoms with Crippen molar-refractivity contribution in [3.63, 3.8) is 0 Å². The van der Waals surface area contributed by atoms with Crippen molar-refractivity contribution in [3.05, 3.63) is 40.7 Å². The molecular weight excluding hydrogens is 336 g/mol. The van der Waals surface area contributed by atoms with Gasteiger partial charge in [0, 0.05) is 18.3 Å². The number of rotatable bonds is 4. The third-order valence-corrected chi connectivity index (χ3v) is 3.76. The lowest BCUT2D eigenvalue weighted by Crippen LogP contribution is -2.16. The van der Waals surface area contributed by atoms with Crippen LogP contribution in [0.5, 0.6) is 0 Å². The van der Waals surface area contributed by atoms with Crippen LogP contribution in [0.1, 0.15) is 23.0 Å². The molecule has 2 N–H and O–H groups in total. The van der Waals surface area contributed by atoms with Gasteiger partial charge in [-0.25, -0.2) is 9.97 Å². The first-order valence-corrected chi connectivity index (χ1v) is 8.27. The summed E-state index contributed by atoms with van der Waals surface area (Å²) in [6.45, 7) is 3.27. The molecule has 2 amide bonds.